The van der Waals surface area contributed by atoms with Gasteiger partial charge in [0.15, 0.2) is 5.78 Å². The fraction of sp³-hybridized carbons (Fsp3) is 0.333. The SMILES string of the molecule is CCCC#CN1CC(=O)CC(c2cccc(Cl)c2)=N1. The Morgan fingerprint density at radius 1 is 1.47 bits per heavy atom. The van der Waals surface area contributed by atoms with Crippen molar-refractivity contribution in [2.75, 3.05) is 6.54 Å². The first-order chi connectivity index (χ1) is 9.19. The zero-order valence-electron chi connectivity index (χ0n) is 10.8. The molecule has 0 atom stereocenters. The molecule has 0 saturated carbocycles. The van der Waals surface area contributed by atoms with Crippen LogP contribution in [0.2, 0.25) is 5.02 Å². The number of halogens is 1. The van der Waals surface area contributed by atoms with Crippen molar-refractivity contribution in [1.29, 1.82) is 0 Å². The van der Waals surface area contributed by atoms with E-state index in [1.165, 1.54) is 5.01 Å². The number of hydrazone groups is 1. The summed E-state index contributed by atoms with van der Waals surface area (Å²) in [6.07, 6.45) is 2.15. The van der Waals surface area contributed by atoms with E-state index >= 15 is 0 Å². The molecule has 0 bridgehead atoms. The molecule has 0 radical (unpaired) electrons. The summed E-state index contributed by atoms with van der Waals surface area (Å²) in [6, 6.07) is 10.3. The lowest BCUT2D eigenvalue weighted by Gasteiger charge is -2.19. The average Bonchev–Trinajstić information content (AvgIpc) is 2.38. The third-order valence-corrected chi connectivity index (χ3v) is 2.91. The second-order valence-corrected chi connectivity index (χ2v) is 4.81. The molecule has 0 saturated heterocycles. The fourth-order valence-corrected chi connectivity index (χ4v) is 1.98. The lowest BCUT2D eigenvalue weighted by atomic mass is 10.0. The van der Waals surface area contributed by atoms with Gasteiger partial charge in [0.25, 0.3) is 0 Å². The second-order valence-electron chi connectivity index (χ2n) is 4.37. The largest absolute Gasteiger partial charge is 0.297 e. The van der Waals surface area contributed by atoms with Crippen LogP contribution < -0.4 is 0 Å². The highest BCUT2D eigenvalue weighted by atomic mass is 35.5. The molecule has 98 valence electrons. The highest BCUT2D eigenvalue weighted by Crippen LogP contribution is 2.16. The molecule has 1 heterocycles. The maximum absolute atomic E-state index is 11.8. The minimum absolute atomic E-state index is 0.121. The fourth-order valence-electron chi connectivity index (χ4n) is 1.79. The second kappa shape index (κ2) is 6.40. The van der Waals surface area contributed by atoms with Crippen molar-refractivity contribution in [3.05, 3.63) is 34.9 Å². The molecular formula is C15H15ClN2O. The number of carbonyl (C=O) groups excluding carboxylic acids is 1. The van der Waals surface area contributed by atoms with Crippen LogP contribution in [0, 0.1) is 12.0 Å². The van der Waals surface area contributed by atoms with Crippen molar-refractivity contribution >= 4 is 23.1 Å². The Balaban J connectivity index is 2.24. The minimum atomic E-state index is 0.121. The first-order valence-corrected chi connectivity index (χ1v) is 6.68. The van der Waals surface area contributed by atoms with Gasteiger partial charge in [-0.25, -0.2) is 5.01 Å². The normalized spacial score (nSPS) is 14.7. The molecule has 4 heteroatoms. The van der Waals surface area contributed by atoms with Crippen LogP contribution >= 0.6 is 11.6 Å². The monoisotopic (exact) mass is 274 g/mol. The minimum Gasteiger partial charge on any atom is -0.297 e. The maximum atomic E-state index is 11.8. The summed E-state index contributed by atoms with van der Waals surface area (Å²) in [4.78, 5) is 11.8. The van der Waals surface area contributed by atoms with Crippen LogP contribution in [0.5, 0.6) is 0 Å². The zero-order chi connectivity index (χ0) is 13.7. The molecule has 0 N–H and O–H groups in total. The van der Waals surface area contributed by atoms with Gasteiger partial charge in [0.2, 0.25) is 0 Å². The molecule has 0 amide bonds. The summed E-state index contributed by atoms with van der Waals surface area (Å²) >= 11 is 5.96. The van der Waals surface area contributed by atoms with E-state index in [1.54, 1.807) is 6.07 Å². The lowest BCUT2D eigenvalue weighted by molar-refractivity contribution is -0.118. The highest BCUT2D eigenvalue weighted by molar-refractivity contribution is 6.31. The Bertz CT molecular complexity index is 569. The molecule has 0 unspecified atom stereocenters. The first kappa shape index (κ1) is 13.6. The van der Waals surface area contributed by atoms with E-state index in [0.717, 1.165) is 24.1 Å². The molecule has 0 aromatic heterocycles. The van der Waals surface area contributed by atoms with Gasteiger partial charge in [0.1, 0.15) is 6.54 Å². The van der Waals surface area contributed by atoms with E-state index in [1.807, 2.05) is 18.2 Å². The summed E-state index contributed by atoms with van der Waals surface area (Å²) in [5.74, 6) is 3.12. The van der Waals surface area contributed by atoms with Gasteiger partial charge in [-0.1, -0.05) is 36.6 Å². The molecule has 0 aliphatic carbocycles. The Morgan fingerprint density at radius 2 is 2.32 bits per heavy atom. The number of nitrogens with zero attached hydrogens (tertiary/aromatic N) is 2. The Hall–Kier alpha value is -1.79. The number of rotatable bonds is 2. The zero-order valence-corrected chi connectivity index (χ0v) is 11.6. The van der Waals surface area contributed by atoms with Crippen molar-refractivity contribution < 1.29 is 4.79 Å². The number of carbonyl (C=O) groups is 1. The van der Waals surface area contributed by atoms with Gasteiger partial charge in [-0.15, -0.1) is 0 Å². The maximum Gasteiger partial charge on any atom is 0.161 e. The summed E-state index contributed by atoms with van der Waals surface area (Å²) in [5, 5.41) is 6.58. The van der Waals surface area contributed by atoms with Gasteiger partial charge < -0.3 is 0 Å². The Kier molecular flexibility index (Phi) is 4.59. The van der Waals surface area contributed by atoms with Gasteiger partial charge in [0.05, 0.1) is 12.1 Å². The smallest absolute Gasteiger partial charge is 0.161 e. The Morgan fingerprint density at radius 3 is 3.05 bits per heavy atom. The summed E-state index contributed by atoms with van der Waals surface area (Å²) in [5.41, 5.74) is 1.60. The van der Waals surface area contributed by atoms with Gasteiger partial charge in [-0.3, -0.25) is 4.79 Å². The topological polar surface area (TPSA) is 32.7 Å². The molecule has 2 rings (SSSR count). The number of hydrogen-bond donors (Lipinski definition) is 0. The predicted molar refractivity (Wildman–Crippen MR) is 77.0 cm³/mol. The molecule has 3 nitrogen and oxygen atoms in total. The number of Topliss-reactive ketones (excluding diaryl/α,β-unsaturated/α-hetero) is 1. The third-order valence-electron chi connectivity index (χ3n) is 2.67. The molecular weight excluding hydrogens is 260 g/mol. The van der Waals surface area contributed by atoms with Crippen LogP contribution in [0.25, 0.3) is 0 Å². The number of unbranched alkanes of at least 4 members (excludes halogenated alkanes) is 1. The molecule has 1 aromatic rings. The number of benzene rings is 1. The Labute approximate surface area is 118 Å². The summed E-state index contributed by atoms with van der Waals surface area (Å²) in [6.45, 7) is 2.33. The lowest BCUT2D eigenvalue weighted by Crippen LogP contribution is -2.30. The molecule has 1 aliphatic heterocycles. The molecule has 0 fully saturated rings. The van der Waals surface area contributed by atoms with Crippen LogP contribution in [-0.4, -0.2) is 23.0 Å². The van der Waals surface area contributed by atoms with Crippen LogP contribution in [0.4, 0.5) is 0 Å². The van der Waals surface area contributed by atoms with E-state index in [4.69, 9.17) is 11.6 Å². The quantitative estimate of drug-likeness (QED) is 0.777. The van der Waals surface area contributed by atoms with Crippen molar-refractivity contribution in [2.45, 2.75) is 26.2 Å². The van der Waals surface area contributed by atoms with E-state index in [2.05, 4.69) is 24.0 Å². The average molecular weight is 275 g/mol. The summed E-state index contributed by atoms with van der Waals surface area (Å²) < 4.78 is 0. The van der Waals surface area contributed by atoms with E-state index in [-0.39, 0.29) is 12.3 Å². The van der Waals surface area contributed by atoms with Crippen LogP contribution in [-0.2, 0) is 4.79 Å². The molecule has 19 heavy (non-hydrogen) atoms. The van der Waals surface area contributed by atoms with Crippen LogP contribution in [0.3, 0.4) is 0 Å². The highest BCUT2D eigenvalue weighted by Gasteiger charge is 2.19. The van der Waals surface area contributed by atoms with E-state index in [9.17, 15) is 4.79 Å². The van der Waals surface area contributed by atoms with Gasteiger partial charge in [-0.2, -0.15) is 5.10 Å². The summed E-state index contributed by atoms with van der Waals surface area (Å²) in [7, 11) is 0. The van der Waals surface area contributed by atoms with E-state index < -0.39 is 0 Å². The van der Waals surface area contributed by atoms with Crippen molar-refractivity contribution in [1.82, 2.24) is 5.01 Å². The van der Waals surface area contributed by atoms with Crippen molar-refractivity contribution in [3.63, 3.8) is 0 Å². The van der Waals surface area contributed by atoms with E-state index in [0.29, 0.717) is 11.4 Å². The molecule has 1 aromatic carbocycles. The predicted octanol–water partition coefficient (Wildman–Crippen LogP) is 3.08. The van der Waals surface area contributed by atoms with Crippen LogP contribution in [0.1, 0.15) is 31.7 Å². The number of hydrogen-bond acceptors (Lipinski definition) is 3. The van der Waals surface area contributed by atoms with Gasteiger partial charge in [-0.05, 0) is 24.1 Å². The van der Waals surface area contributed by atoms with Crippen LogP contribution in [0.15, 0.2) is 29.4 Å². The molecule has 0 spiro atoms. The number of ketones is 1. The first-order valence-electron chi connectivity index (χ1n) is 6.30. The van der Waals surface area contributed by atoms with Gasteiger partial charge >= 0.3 is 0 Å². The third kappa shape index (κ3) is 3.84. The van der Waals surface area contributed by atoms with Gasteiger partial charge in [0, 0.05) is 17.5 Å². The van der Waals surface area contributed by atoms with Crippen molar-refractivity contribution in [3.8, 4) is 12.0 Å². The molecule has 1 aliphatic rings. The van der Waals surface area contributed by atoms with Crippen molar-refractivity contribution in [2.24, 2.45) is 5.10 Å². The standard InChI is InChI=1S/C15H15ClN2O/c1-2-3-4-8-18-11-14(19)10-15(17-18)12-6-5-7-13(16)9-12/h5-7,9H,2-3,10-11H2,1H3.